The molecule has 7 nitrogen and oxygen atoms in total. The minimum Gasteiger partial charge on any atom is -0.494 e. The smallest absolute Gasteiger partial charge is 0.264 e. The molecule has 33 heavy (non-hydrogen) atoms. The number of hydrogen-bond donors (Lipinski definition) is 1. The zero-order valence-electron chi connectivity index (χ0n) is 18.2. The molecule has 0 radical (unpaired) electrons. The molecule has 0 heterocycles. The Balaban J connectivity index is 1.88. The van der Waals surface area contributed by atoms with E-state index in [4.69, 9.17) is 4.74 Å². The second kappa shape index (κ2) is 11.1. The SMILES string of the molecule is CCOc1ccc(N(CC(=O)N/N=C(/C)c2ccccc2)S(=O)(=O)c2ccc(Br)cc2)cc1. The molecule has 0 bridgehead atoms. The average molecular weight is 530 g/mol. The highest BCUT2D eigenvalue weighted by atomic mass is 79.9. The summed E-state index contributed by atoms with van der Waals surface area (Å²) in [6.45, 7) is 3.66. The number of nitrogens with zero attached hydrogens (tertiary/aromatic N) is 2. The van der Waals surface area contributed by atoms with E-state index in [0.29, 0.717) is 23.8 Å². The molecule has 9 heteroatoms. The molecule has 0 aliphatic rings. The van der Waals surface area contributed by atoms with Crippen molar-refractivity contribution < 1.29 is 17.9 Å². The van der Waals surface area contributed by atoms with E-state index in [1.807, 2.05) is 37.3 Å². The number of hydrogen-bond acceptors (Lipinski definition) is 5. The summed E-state index contributed by atoms with van der Waals surface area (Å²) < 4.78 is 34.1. The number of carbonyl (C=O) groups is 1. The van der Waals surface area contributed by atoms with Crippen LogP contribution in [0.5, 0.6) is 5.75 Å². The maximum Gasteiger partial charge on any atom is 0.264 e. The summed E-state index contributed by atoms with van der Waals surface area (Å²) in [5.41, 5.74) is 4.24. The number of nitrogens with one attached hydrogen (secondary N) is 1. The lowest BCUT2D eigenvalue weighted by Gasteiger charge is -2.24. The van der Waals surface area contributed by atoms with Gasteiger partial charge in [-0.2, -0.15) is 5.10 Å². The highest BCUT2D eigenvalue weighted by molar-refractivity contribution is 9.10. The van der Waals surface area contributed by atoms with Crippen LogP contribution in [0.2, 0.25) is 0 Å². The highest BCUT2D eigenvalue weighted by Gasteiger charge is 2.27. The van der Waals surface area contributed by atoms with E-state index in [-0.39, 0.29) is 4.90 Å². The molecule has 3 aromatic carbocycles. The molecule has 0 saturated carbocycles. The van der Waals surface area contributed by atoms with Gasteiger partial charge in [0.15, 0.2) is 0 Å². The minimum absolute atomic E-state index is 0.0661. The van der Waals surface area contributed by atoms with Gasteiger partial charge in [0.2, 0.25) is 0 Å². The molecule has 0 aromatic heterocycles. The Bertz CT molecular complexity index is 1210. The van der Waals surface area contributed by atoms with Gasteiger partial charge < -0.3 is 4.74 Å². The van der Waals surface area contributed by atoms with Crippen molar-refractivity contribution in [2.24, 2.45) is 5.10 Å². The lowest BCUT2D eigenvalue weighted by molar-refractivity contribution is -0.119. The third-order valence-corrected chi connectivity index (χ3v) is 6.98. The van der Waals surface area contributed by atoms with E-state index >= 15 is 0 Å². The van der Waals surface area contributed by atoms with Gasteiger partial charge in [-0.25, -0.2) is 13.8 Å². The first-order valence-corrected chi connectivity index (χ1v) is 12.4. The Morgan fingerprint density at radius 3 is 2.24 bits per heavy atom. The topological polar surface area (TPSA) is 88.1 Å². The summed E-state index contributed by atoms with van der Waals surface area (Å²) in [5, 5.41) is 4.12. The first-order chi connectivity index (χ1) is 15.8. The van der Waals surface area contributed by atoms with E-state index < -0.39 is 22.5 Å². The van der Waals surface area contributed by atoms with Crippen molar-refractivity contribution in [1.82, 2.24) is 5.43 Å². The molecule has 0 unspecified atom stereocenters. The van der Waals surface area contributed by atoms with Crippen molar-refractivity contribution in [2.45, 2.75) is 18.7 Å². The number of carbonyl (C=O) groups excluding carboxylic acids is 1. The largest absolute Gasteiger partial charge is 0.494 e. The number of benzene rings is 3. The molecule has 3 aromatic rings. The zero-order valence-corrected chi connectivity index (χ0v) is 20.6. The van der Waals surface area contributed by atoms with Crippen molar-refractivity contribution in [1.29, 1.82) is 0 Å². The predicted molar refractivity (Wildman–Crippen MR) is 133 cm³/mol. The van der Waals surface area contributed by atoms with Crippen LogP contribution >= 0.6 is 15.9 Å². The van der Waals surface area contributed by atoms with Crippen molar-refractivity contribution >= 4 is 43.3 Å². The number of rotatable bonds is 9. The Morgan fingerprint density at radius 1 is 1.00 bits per heavy atom. The first-order valence-electron chi connectivity index (χ1n) is 10.2. The Labute approximate surface area is 202 Å². The average Bonchev–Trinajstić information content (AvgIpc) is 2.82. The number of sulfonamides is 1. The summed E-state index contributed by atoms with van der Waals surface area (Å²) in [5.74, 6) is 0.0367. The van der Waals surface area contributed by atoms with Gasteiger partial charge in [-0.1, -0.05) is 46.3 Å². The number of halogens is 1. The Morgan fingerprint density at radius 2 is 1.64 bits per heavy atom. The monoisotopic (exact) mass is 529 g/mol. The predicted octanol–water partition coefficient (Wildman–Crippen LogP) is 4.58. The van der Waals surface area contributed by atoms with E-state index in [1.54, 1.807) is 43.3 Å². The van der Waals surface area contributed by atoms with E-state index in [2.05, 4.69) is 26.5 Å². The van der Waals surface area contributed by atoms with Crippen LogP contribution in [0.25, 0.3) is 0 Å². The highest BCUT2D eigenvalue weighted by Crippen LogP contribution is 2.26. The molecule has 0 aliphatic heterocycles. The molecule has 0 aliphatic carbocycles. The quantitative estimate of drug-likeness (QED) is 0.324. The third kappa shape index (κ3) is 6.43. The second-order valence-corrected chi connectivity index (χ2v) is 9.77. The van der Waals surface area contributed by atoms with E-state index in [9.17, 15) is 13.2 Å². The number of anilines is 1. The fourth-order valence-electron chi connectivity index (χ4n) is 2.98. The van der Waals surface area contributed by atoms with Crippen molar-refractivity contribution in [3.8, 4) is 5.75 Å². The maximum absolute atomic E-state index is 13.4. The second-order valence-electron chi connectivity index (χ2n) is 6.99. The molecule has 1 N–H and O–H groups in total. The minimum atomic E-state index is -4.02. The lowest BCUT2D eigenvalue weighted by atomic mass is 10.1. The summed E-state index contributed by atoms with van der Waals surface area (Å²) >= 11 is 3.31. The Kier molecular flexibility index (Phi) is 8.24. The van der Waals surface area contributed by atoms with Crippen LogP contribution in [0, 0.1) is 0 Å². The number of ether oxygens (including phenoxy) is 1. The van der Waals surface area contributed by atoms with Gasteiger partial charge in [-0.15, -0.1) is 0 Å². The maximum atomic E-state index is 13.4. The summed E-state index contributed by atoms with van der Waals surface area (Å²) in [6.07, 6.45) is 0. The van der Waals surface area contributed by atoms with Gasteiger partial charge in [-0.05, 0) is 67.9 Å². The molecule has 0 spiro atoms. The van der Waals surface area contributed by atoms with E-state index in [1.165, 1.54) is 12.1 Å². The van der Waals surface area contributed by atoms with Crippen LogP contribution in [0.4, 0.5) is 5.69 Å². The van der Waals surface area contributed by atoms with Gasteiger partial charge in [0.1, 0.15) is 12.3 Å². The van der Waals surface area contributed by atoms with Gasteiger partial charge in [0.05, 0.1) is 22.9 Å². The van der Waals surface area contributed by atoms with E-state index in [0.717, 1.165) is 14.3 Å². The third-order valence-electron chi connectivity index (χ3n) is 4.66. The molecular formula is C24H24BrN3O4S. The number of hydrazone groups is 1. The fraction of sp³-hybridized carbons (Fsp3) is 0.167. The van der Waals surface area contributed by atoms with Crippen molar-refractivity contribution in [3.05, 3.63) is 88.9 Å². The fourth-order valence-corrected chi connectivity index (χ4v) is 4.67. The summed E-state index contributed by atoms with van der Waals surface area (Å²) in [6, 6.07) is 22.1. The normalized spacial score (nSPS) is 11.7. The van der Waals surface area contributed by atoms with Gasteiger partial charge in [0.25, 0.3) is 15.9 Å². The number of amides is 1. The van der Waals surface area contributed by atoms with Crippen LogP contribution in [0.15, 0.2) is 93.3 Å². The molecular weight excluding hydrogens is 506 g/mol. The standard InChI is InChI=1S/C24H24BrN3O4S/c1-3-32-22-13-11-21(12-14-22)28(33(30,31)23-15-9-20(25)10-16-23)17-24(29)27-26-18(2)19-7-5-4-6-8-19/h4-16H,3,17H2,1-2H3,(H,27,29)/b26-18-. The molecule has 1 amide bonds. The van der Waals surface area contributed by atoms with Crippen LogP contribution in [0.1, 0.15) is 19.4 Å². The summed E-state index contributed by atoms with van der Waals surface area (Å²) in [7, 11) is -4.02. The molecule has 0 atom stereocenters. The van der Waals surface area contributed by atoms with Gasteiger partial charge in [-0.3, -0.25) is 9.10 Å². The summed E-state index contributed by atoms with van der Waals surface area (Å²) in [4.78, 5) is 12.8. The van der Waals surface area contributed by atoms with Crippen molar-refractivity contribution in [2.75, 3.05) is 17.5 Å². The zero-order chi connectivity index (χ0) is 23.8. The van der Waals surface area contributed by atoms with Crippen LogP contribution in [0.3, 0.4) is 0 Å². The van der Waals surface area contributed by atoms with Crippen molar-refractivity contribution in [3.63, 3.8) is 0 Å². The van der Waals surface area contributed by atoms with Gasteiger partial charge >= 0.3 is 0 Å². The molecule has 3 rings (SSSR count). The van der Waals surface area contributed by atoms with Crippen LogP contribution in [-0.2, 0) is 14.8 Å². The molecule has 0 fully saturated rings. The molecule has 172 valence electrons. The van der Waals surface area contributed by atoms with Crippen LogP contribution < -0.4 is 14.5 Å². The van der Waals surface area contributed by atoms with Gasteiger partial charge in [0, 0.05) is 4.47 Å². The molecule has 0 saturated heterocycles. The Hall–Kier alpha value is -3.17. The lowest BCUT2D eigenvalue weighted by Crippen LogP contribution is -2.39. The van der Waals surface area contributed by atoms with Crippen LogP contribution in [-0.4, -0.2) is 33.2 Å². The first kappa shape index (κ1) is 24.5.